The molecule has 2 aromatic carbocycles. The van der Waals surface area contributed by atoms with Gasteiger partial charge < -0.3 is 9.80 Å². The first-order chi connectivity index (χ1) is 15.0. The van der Waals surface area contributed by atoms with Crippen LogP contribution in [0, 0.1) is 0 Å². The molecule has 31 heavy (non-hydrogen) atoms. The number of piperidine rings is 1. The quantitative estimate of drug-likeness (QED) is 0.731. The second-order valence-corrected chi connectivity index (χ2v) is 9.09. The van der Waals surface area contributed by atoms with E-state index in [4.69, 9.17) is 11.6 Å². The van der Waals surface area contributed by atoms with Crippen LogP contribution in [0.3, 0.4) is 0 Å². The molecule has 0 saturated carbocycles. The summed E-state index contributed by atoms with van der Waals surface area (Å²) >= 11 is 6.12. The van der Waals surface area contributed by atoms with E-state index in [1.807, 2.05) is 46.2 Å². The maximum Gasteiger partial charge on any atom is 0.233 e. The standard InChI is InChI=1S/C25H30ClN3O2/c1-20(30)28-12-10-25(11-13-28,22-7-3-2-4-8-22)24(31)29-16-14-27(15-17-29)19-21-6-5-9-23(26)18-21/h2-9,18H,10-17,19H2,1H3. The zero-order valence-electron chi connectivity index (χ0n) is 18.1. The summed E-state index contributed by atoms with van der Waals surface area (Å²) in [6, 6.07) is 18.1. The Labute approximate surface area is 189 Å². The molecule has 5 nitrogen and oxygen atoms in total. The van der Waals surface area contributed by atoms with E-state index < -0.39 is 5.41 Å². The van der Waals surface area contributed by atoms with Crippen LogP contribution in [0.15, 0.2) is 54.6 Å². The molecule has 164 valence electrons. The topological polar surface area (TPSA) is 43.9 Å². The van der Waals surface area contributed by atoms with Crippen LogP contribution in [-0.2, 0) is 21.5 Å². The second-order valence-electron chi connectivity index (χ2n) is 8.65. The van der Waals surface area contributed by atoms with Crippen LogP contribution in [0.25, 0.3) is 0 Å². The minimum atomic E-state index is -0.539. The zero-order valence-corrected chi connectivity index (χ0v) is 18.9. The maximum atomic E-state index is 13.8. The van der Waals surface area contributed by atoms with Gasteiger partial charge in [-0.3, -0.25) is 14.5 Å². The van der Waals surface area contributed by atoms with Crippen LogP contribution in [0.5, 0.6) is 0 Å². The van der Waals surface area contributed by atoms with Gasteiger partial charge in [0.1, 0.15) is 0 Å². The number of hydrogen-bond donors (Lipinski definition) is 0. The van der Waals surface area contributed by atoms with Gasteiger partial charge in [0.15, 0.2) is 0 Å². The third-order valence-corrected chi connectivity index (χ3v) is 6.99. The van der Waals surface area contributed by atoms with Crippen molar-refractivity contribution in [3.63, 3.8) is 0 Å². The van der Waals surface area contributed by atoms with Crippen LogP contribution in [0.1, 0.15) is 30.9 Å². The Kier molecular flexibility index (Phi) is 6.63. The number of carbonyl (C=O) groups excluding carboxylic acids is 2. The van der Waals surface area contributed by atoms with E-state index in [1.54, 1.807) is 6.92 Å². The largest absolute Gasteiger partial charge is 0.343 e. The number of nitrogens with zero attached hydrogens (tertiary/aromatic N) is 3. The first kappa shape index (κ1) is 21.8. The Hall–Kier alpha value is -2.37. The van der Waals surface area contributed by atoms with Gasteiger partial charge in [-0.05, 0) is 36.1 Å². The monoisotopic (exact) mass is 439 g/mol. The maximum absolute atomic E-state index is 13.8. The molecular formula is C25H30ClN3O2. The molecule has 2 amide bonds. The molecule has 4 rings (SSSR count). The van der Waals surface area contributed by atoms with Gasteiger partial charge in [-0.2, -0.15) is 0 Å². The molecule has 6 heteroatoms. The molecule has 0 atom stereocenters. The Balaban J connectivity index is 1.45. The van der Waals surface area contributed by atoms with Crippen molar-refractivity contribution < 1.29 is 9.59 Å². The van der Waals surface area contributed by atoms with E-state index in [2.05, 4.69) is 23.1 Å². The highest BCUT2D eigenvalue weighted by Gasteiger charge is 2.45. The van der Waals surface area contributed by atoms with Gasteiger partial charge in [0.05, 0.1) is 5.41 Å². The summed E-state index contributed by atoms with van der Waals surface area (Å²) in [4.78, 5) is 32.0. The molecule has 0 aromatic heterocycles. The van der Waals surface area contributed by atoms with Gasteiger partial charge in [0.25, 0.3) is 0 Å². The molecule has 0 radical (unpaired) electrons. The highest BCUT2D eigenvalue weighted by atomic mass is 35.5. The summed E-state index contributed by atoms with van der Waals surface area (Å²) in [7, 11) is 0. The molecule has 0 unspecified atom stereocenters. The van der Waals surface area contributed by atoms with Crippen LogP contribution < -0.4 is 0 Å². The SMILES string of the molecule is CC(=O)N1CCC(C(=O)N2CCN(Cc3cccc(Cl)c3)CC2)(c2ccccc2)CC1. The molecule has 0 aliphatic carbocycles. The highest BCUT2D eigenvalue weighted by molar-refractivity contribution is 6.30. The lowest BCUT2D eigenvalue weighted by Crippen LogP contribution is -2.57. The second kappa shape index (κ2) is 9.41. The smallest absolute Gasteiger partial charge is 0.233 e. The lowest BCUT2D eigenvalue weighted by Gasteiger charge is -2.45. The fraction of sp³-hybridized carbons (Fsp3) is 0.440. The van der Waals surface area contributed by atoms with E-state index in [0.29, 0.717) is 25.9 Å². The Bertz CT molecular complexity index is 917. The first-order valence-electron chi connectivity index (χ1n) is 11.1. The van der Waals surface area contributed by atoms with E-state index >= 15 is 0 Å². The molecule has 0 bridgehead atoms. The van der Waals surface area contributed by atoms with Crippen LogP contribution in [0.2, 0.25) is 5.02 Å². The summed E-state index contributed by atoms with van der Waals surface area (Å²) < 4.78 is 0. The fourth-order valence-electron chi connectivity index (χ4n) is 4.89. The number of piperazine rings is 1. The number of likely N-dealkylation sites (tertiary alicyclic amines) is 1. The van der Waals surface area contributed by atoms with E-state index in [0.717, 1.165) is 43.3 Å². The van der Waals surface area contributed by atoms with Gasteiger partial charge in [-0.15, -0.1) is 0 Å². The first-order valence-corrected chi connectivity index (χ1v) is 11.4. The minimum Gasteiger partial charge on any atom is -0.343 e. The Morgan fingerprint density at radius 1 is 0.871 bits per heavy atom. The molecule has 2 heterocycles. The van der Waals surface area contributed by atoms with Crippen molar-refractivity contribution >= 4 is 23.4 Å². The predicted octanol–water partition coefficient (Wildman–Crippen LogP) is 3.56. The number of benzene rings is 2. The molecule has 0 N–H and O–H groups in total. The van der Waals surface area contributed by atoms with Crippen molar-refractivity contribution in [2.45, 2.75) is 31.7 Å². The van der Waals surface area contributed by atoms with Crippen LogP contribution >= 0.6 is 11.6 Å². The van der Waals surface area contributed by atoms with Crippen molar-refractivity contribution in [2.75, 3.05) is 39.3 Å². The van der Waals surface area contributed by atoms with Crippen LogP contribution in [-0.4, -0.2) is 65.8 Å². The minimum absolute atomic E-state index is 0.0868. The van der Waals surface area contributed by atoms with E-state index in [-0.39, 0.29) is 11.8 Å². The average molecular weight is 440 g/mol. The summed E-state index contributed by atoms with van der Waals surface area (Å²) in [5.74, 6) is 0.299. The van der Waals surface area contributed by atoms with Gasteiger partial charge in [-0.1, -0.05) is 54.1 Å². The number of rotatable bonds is 4. The molecule has 0 spiro atoms. The summed E-state index contributed by atoms with van der Waals surface area (Å²) in [6.07, 6.45) is 1.36. The van der Waals surface area contributed by atoms with Crippen LogP contribution in [0.4, 0.5) is 0 Å². The molecule has 2 aliphatic rings. The molecule has 2 aliphatic heterocycles. The van der Waals surface area contributed by atoms with Gasteiger partial charge >= 0.3 is 0 Å². The normalized spacial score (nSPS) is 19.3. The van der Waals surface area contributed by atoms with Crippen molar-refractivity contribution in [3.8, 4) is 0 Å². The highest BCUT2D eigenvalue weighted by Crippen LogP contribution is 2.38. The van der Waals surface area contributed by atoms with Gasteiger partial charge in [0.2, 0.25) is 11.8 Å². The van der Waals surface area contributed by atoms with Crippen molar-refractivity contribution in [1.82, 2.24) is 14.7 Å². The van der Waals surface area contributed by atoms with Crippen molar-refractivity contribution in [3.05, 3.63) is 70.7 Å². The van der Waals surface area contributed by atoms with Crippen molar-refractivity contribution in [2.24, 2.45) is 0 Å². The molecule has 2 aromatic rings. The lowest BCUT2D eigenvalue weighted by molar-refractivity contribution is -0.144. The Morgan fingerprint density at radius 3 is 2.16 bits per heavy atom. The van der Waals surface area contributed by atoms with E-state index in [9.17, 15) is 9.59 Å². The third-order valence-electron chi connectivity index (χ3n) is 6.75. The molecule has 2 fully saturated rings. The lowest BCUT2D eigenvalue weighted by atomic mass is 9.71. The summed E-state index contributed by atoms with van der Waals surface area (Å²) in [5.41, 5.74) is 1.73. The zero-order chi connectivity index (χ0) is 21.8. The third kappa shape index (κ3) is 4.78. The number of hydrogen-bond acceptors (Lipinski definition) is 3. The predicted molar refractivity (Wildman–Crippen MR) is 123 cm³/mol. The fourth-order valence-corrected chi connectivity index (χ4v) is 5.10. The summed E-state index contributed by atoms with van der Waals surface area (Å²) in [6.45, 7) is 6.87. The van der Waals surface area contributed by atoms with Crippen molar-refractivity contribution in [1.29, 1.82) is 0 Å². The van der Waals surface area contributed by atoms with Gasteiger partial charge in [-0.25, -0.2) is 0 Å². The molecule has 2 saturated heterocycles. The van der Waals surface area contributed by atoms with Gasteiger partial charge in [0, 0.05) is 57.8 Å². The number of carbonyl (C=O) groups is 2. The average Bonchev–Trinajstić information content (AvgIpc) is 2.80. The molecular weight excluding hydrogens is 410 g/mol. The number of amides is 2. The van der Waals surface area contributed by atoms with E-state index in [1.165, 1.54) is 5.56 Å². The Morgan fingerprint density at radius 2 is 1.55 bits per heavy atom. The number of halogens is 1. The summed E-state index contributed by atoms with van der Waals surface area (Å²) in [5, 5.41) is 0.757.